The summed E-state index contributed by atoms with van der Waals surface area (Å²) < 4.78 is 45.6. The molecule has 0 aliphatic carbocycles. The number of nitrogens with one attached hydrogen (secondary N) is 1. The van der Waals surface area contributed by atoms with Crippen molar-refractivity contribution >= 4 is 17.6 Å². The SMILES string of the molecule is N[C@@H]1C(=O)Nc2ccccc2OC1OC(=O)C(F)(F)F. The summed E-state index contributed by atoms with van der Waals surface area (Å²) in [6, 6.07) is 4.38. The summed E-state index contributed by atoms with van der Waals surface area (Å²) >= 11 is 0. The molecule has 1 unspecified atom stereocenters. The minimum absolute atomic E-state index is 0.0498. The molecule has 0 fully saturated rings. The van der Waals surface area contributed by atoms with Crippen molar-refractivity contribution in [2.24, 2.45) is 5.73 Å². The normalized spacial score (nSPS) is 22.1. The number of hydrogen-bond donors (Lipinski definition) is 2. The summed E-state index contributed by atoms with van der Waals surface area (Å²) in [7, 11) is 0. The average molecular weight is 290 g/mol. The van der Waals surface area contributed by atoms with E-state index in [1.807, 2.05) is 0 Å². The van der Waals surface area contributed by atoms with Crippen LogP contribution in [0.4, 0.5) is 18.9 Å². The highest BCUT2D eigenvalue weighted by Crippen LogP contribution is 2.29. The van der Waals surface area contributed by atoms with Gasteiger partial charge in [0.05, 0.1) is 5.69 Å². The van der Waals surface area contributed by atoms with Gasteiger partial charge in [0.15, 0.2) is 6.04 Å². The number of fused-ring (bicyclic) bond motifs is 1. The van der Waals surface area contributed by atoms with Crippen molar-refractivity contribution in [1.29, 1.82) is 0 Å². The second-order valence-electron chi connectivity index (χ2n) is 3.90. The van der Waals surface area contributed by atoms with Gasteiger partial charge in [0.25, 0.3) is 6.29 Å². The van der Waals surface area contributed by atoms with Crippen molar-refractivity contribution in [2.45, 2.75) is 18.5 Å². The number of rotatable bonds is 1. The first-order valence-corrected chi connectivity index (χ1v) is 5.39. The van der Waals surface area contributed by atoms with Gasteiger partial charge in [-0.25, -0.2) is 4.79 Å². The van der Waals surface area contributed by atoms with Crippen LogP contribution < -0.4 is 15.8 Å². The molecule has 20 heavy (non-hydrogen) atoms. The predicted octanol–water partition coefficient (Wildman–Crippen LogP) is 0.776. The number of nitrogens with two attached hydrogens (primary N) is 1. The highest BCUT2D eigenvalue weighted by Gasteiger charge is 2.45. The third kappa shape index (κ3) is 2.82. The van der Waals surface area contributed by atoms with E-state index in [9.17, 15) is 22.8 Å². The zero-order valence-electron chi connectivity index (χ0n) is 9.81. The maximum atomic E-state index is 12.2. The Kier molecular flexibility index (Phi) is 3.53. The van der Waals surface area contributed by atoms with Gasteiger partial charge in [0.1, 0.15) is 5.75 Å². The van der Waals surface area contributed by atoms with Crippen LogP contribution in [-0.4, -0.2) is 30.4 Å². The van der Waals surface area contributed by atoms with Crippen molar-refractivity contribution in [2.75, 3.05) is 5.32 Å². The van der Waals surface area contributed by atoms with Crippen molar-refractivity contribution in [1.82, 2.24) is 0 Å². The van der Waals surface area contributed by atoms with Crippen LogP contribution in [-0.2, 0) is 14.3 Å². The summed E-state index contributed by atoms with van der Waals surface area (Å²) in [5.74, 6) is -3.26. The molecule has 1 amide bonds. The molecule has 1 aromatic rings. The maximum absolute atomic E-state index is 12.2. The highest BCUT2D eigenvalue weighted by atomic mass is 19.4. The van der Waals surface area contributed by atoms with Crippen LogP contribution in [0.5, 0.6) is 5.75 Å². The highest BCUT2D eigenvalue weighted by molar-refractivity contribution is 5.97. The van der Waals surface area contributed by atoms with Crippen molar-refractivity contribution in [3.63, 3.8) is 0 Å². The van der Waals surface area contributed by atoms with Gasteiger partial charge < -0.3 is 20.5 Å². The lowest BCUT2D eigenvalue weighted by molar-refractivity contribution is -0.217. The van der Waals surface area contributed by atoms with Gasteiger partial charge in [-0.2, -0.15) is 13.2 Å². The van der Waals surface area contributed by atoms with E-state index in [0.717, 1.165) is 0 Å². The fraction of sp³-hybridized carbons (Fsp3) is 0.273. The topological polar surface area (TPSA) is 90.7 Å². The fourth-order valence-electron chi connectivity index (χ4n) is 1.48. The Hall–Kier alpha value is -2.29. The molecule has 0 spiro atoms. The van der Waals surface area contributed by atoms with E-state index in [0.29, 0.717) is 0 Å². The molecule has 1 aliphatic rings. The second-order valence-corrected chi connectivity index (χ2v) is 3.90. The number of hydrogen-bond acceptors (Lipinski definition) is 5. The molecule has 2 atom stereocenters. The molecule has 108 valence electrons. The molecule has 0 saturated carbocycles. The molecule has 2 rings (SSSR count). The van der Waals surface area contributed by atoms with Gasteiger partial charge in [-0.1, -0.05) is 12.1 Å². The number of carbonyl (C=O) groups excluding carboxylic acids is 2. The van der Waals surface area contributed by atoms with Crippen LogP contribution in [0, 0.1) is 0 Å². The van der Waals surface area contributed by atoms with Gasteiger partial charge in [-0.05, 0) is 12.1 Å². The monoisotopic (exact) mass is 290 g/mol. The summed E-state index contributed by atoms with van der Waals surface area (Å²) in [5, 5.41) is 2.35. The van der Waals surface area contributed by atoms with Crippen LogP contribution >= 0.6 is 0 Å². The Labute approximate surface area is 110 Å². The number of esters is 1. The summed E-state index contributed by atoms with van der Waals surface area (Å²) in [6.07, 6.45) is -7.07. The molecule has 6 nitrogen and oxygen atoms in total. The standard InChI is InChI=1S/C11H9F3N2O4/c12-11(13,14)10(18)20-9-7(15)8(17)16-5-3-1-2-4-6(5)19-9/h1-4,7,9H,15H2,(H,16,17)/t7-,9?/m1/s1. The quantitative estimate of drug-likeness (QED) is 0.746. The van der Waals surface area contributed by atoms with Gasteiger partial charge in [-0.3, -0.25) is 4.79 Å². The molecular formula is C11H9F3N2O4. The van der Waals surface area contributed by atoms with Crippen molar-refractivity contribution in [3.8, 4) is 5.75 Å². The lowest BCUT2D eigenvalue weighted by Crippen LogP contribution is -2.49. The van der Waals surface area contributed by atoms with Crippen molar-refractivity contribution in [3.05, 3.63) is 24.3 Å². The average Bonchev–Trinajstić information content (AvgIpc) is 2.48. The van der Waals surface area contributed by atoms with Gasteiger partial charge >= 0.3 is 12.1 Å². The van der Waals surface area contributed by atoms with Gasteiger partial charge in [0, 0.05) is 0 Å². The van der Waals surface area contributed by atoms with E-state index in [1.54, 1.807) is 6.07 Å². The Balaban J connectivity index is 2.25. The van der Waals surface area contributed by atoms with Crippen LogP contribution in [0.15, 0.2) is 24.3 Å². The molecule has 0 radical (unpaired) electrons. The fourth-order valence-corrected chi connectivity index (χ4v) is 1.48. The number of alkyl halides is 3. The van der Waals surface area contributed by atoms with Crippen molar-refractivity contribution < 1.29 is 32.2 Å². The third-order valence-electron chi connectivity index (χ3n) is 2.44. The molecule has 1 aliphatic heterocycles. The Morgan fingerprint density at radius 1 is 1.35 bits per heavy atom. The van der Waals surface area contributed by atoms with Crippen LogP contribution in [0.1, 0.15) is 0 Å². The van der Waals surface area contributed by atoms with Crippen LogP contribution in [0.2, 0.25) is 0 Å². The third-order valence-corrected chi connectivity index (χ3v) is 2.44. The molecule has 0 saturated heterocycles. The zero-order chi connectivity index (χ0) is 14.9. The number of ether oxygens (including phenoxy) is 2. The summed E-state index contributed by atoms with van der Waals surface area (Å²) in [4.78, 5) is 22.4. The zero-order valence-corrected chi connectivity index (χ0v) is 9.81. The van der Waals surface area contributed by atoms with E-state index < -0.39 is 30.4 Å². The number of amides is 1. The molecule has 9 heteroatoms. The first-order chi connectivity index (χ1) is 9.29. The second kappa shape index (κ2) is 5.00. The molecule has 0 bridgehead atoms. The lowest BCUT2D eigenvalue weighted by Gasteiger charge is -2.21. The smallest absolute Gasteiger partial charge is 0.450 e. The Morgan fingerprint density at radius 2 is 2.00 bits per heavy atom. The maximum Gasteiger partial charge on any atom is 0.491 e. The van der Waals surface area contributed by atoms with E-state index in [1.165, 1.54) is 18.2 Å². The number of halogens is 3. The summed E-state index contributed by atoms with van der Waals surface area (Å²) in [6.45, 7) is 0. The minimum atomic E-state index is -5.20. The first-order valence-electron chi connectivity index (χ1n) is 5.39. The molecule has 3 N–H and O–H groups in total. The Morgan fingerprint density at radius 3 is 2.65 bits per heavy atom. The van der Waals surface area contributed by atoms with E-state index in [-0.39, 0.29) is 11.4 Å². The predicted molar refractivity (Wildman–Crippen MR) is 59.6 cm³/mol. The minimum Gasteiger partial charge on any atom is -0.450 e. The molecule has 0 aromatic heterocycles. The molecule has 1 aromatic carbocycles. The van der Waals surface area contributed by atoms with Gasteiger partial charge in [0.2, 0.25) is 5.91 Å². The summed E-state index contributed by atoms with van der Waals surface area (Å²) in [5.41, 5.74) is 5.63. The first kappa shape index (κ1) is 14.1. The lowest BCUT2D eigenvalue weighted by atomic mass is 10.2. The van der Waals surface area contributed by atoms with Crippen LogP contribution in [0.3, 0.4) is 0 Å². The number of benzene rings is 1. The Bertz CT molecular complexity index is 547. The number of carbonyl (C=O) groups is 2. The van der Waals surface area contributed by atoms with E-state index in [2.05, 4.69) is 10.1 Å². The van der Waals surface area contributed by atoms with Gasteiger partial charge in [-0.15, -0.1) is 0 Å². The van der Waals surface area contributed by atoms with E-state index >= 15 is 0 Å². The molecular weight excluding hydrogens is 281 g/mol. The number of anilines is 1. The van der Waals surface area contributed by atoms with E-state index in [4.69, 9.17) is 10.5 Å². The number of para-hydroxylation sites is 2. The van der Waals surface area contributed by atoms with Crippen LogP contribution in [0.25, 0.3) is 0 Å². The molecule has 1 heterocycles. The largest absolute Gasteiger partial charge is 0.491 e.